The van der Waals surface area contributed by atoms with Gasteiger partial charge in [0.05, 0.1) is 6.10 Å². The Morgan fingerprint density at radius 3 is 2.33 bits per heavy atom. The Kier molecular flexibility index (Phi) is 8.81. The molecule has 2 rings (SSSR count). The van der Waals surface area contributed by atoms with Crippen molar-refractivity contribution in [1.29, 1.82) is 0 Å². The summed E-state index contributed by atoms with van der Waals surface area (Å²) < 4.78 is 0. The average molecular weight is 410 g/mol. The number of nitrogens with one attached hydrogen (secondary N) is 3. The van der Waals surface area contributed by atoms with Crippen LogP contribution in [0.3, 0.4) is 0 Å². The summed E-state index contributed by atoms with van der Waals surface area (Å²) in [6, 6.07) is 8.99. The summed E-state index contributed by atoms with van der Waals surface area (Å²) in [6.07, 6.45) is 2.74. The number of aliphatic hydroxyl groups is 1. The third-order valence-electron chi connectivity index (χ3n) is 4.26. The molecule has 0 fully saturated rings. The molecule has 5 N–H and O–H groups in total. The predicted molar refractivity (Wildman–Crippen MR) is 113 cm³/mol. The number of amides is 2. The number of benzene rings is 1. The monoisotopic (exact) mass is 410 g/mol. The fourth-order valence-electron chi connectivity index (χ4n) is 2.51. The van der Waals surface area contributed by atoms with Gasteiger partial charge in [-0.3, -0.25) is 14.8 Å². The zero-order chi connectivity index (χ0) is 21.9. The molecule has 0 radical (unpaired) electrons. The number of carbonyl (C=O) groups excluding carboxylic acids is 2. The molecule has 1 aromatic carbocycles. The van der Waals surface area contributed by atoms with Crippen molar-refractivity contribution >= 4 is 17.6 Å². The first-order chi connectivity index (χ1) is 14.4. The highest BCUT2D eigenvalue weighted by Gasteiger charge is 2.25. The second kappa shape index (κ2) is 11.6. The molecule has 1 heterocycles. The van der Waals surface area contributed by atoms with Gasteiger partial charge in [0, 0.05) is 29.4 Å². The van der Waals surface area contributed by atoms with Gasteiger partial charge in [-0.25, -0.2) is 10.5 Å². The number of unbranched alkanes of at least 4 members (excludes halogenated alkanes) is 1. The Hall–Kier alpha value is -3.41. The van der Waals surface area contributed by atoms with E-state index in [1.165, 1.54) is 12.4 Å². The molecule has 0 saturated carbocycles. The van der Waals surface area contributed by atoms with Crippen LogP contribution in [0.15, 0.2) is 42.6 Å². The van der Waals surface area contributed by atoms with Crippen LogP contribution in [-0.2, 0) is 4.79 Å². The maximum atomic E-state index is 12.3. The molecule has 0 aliphatic heterocycles. The van der Waals surface area contributed by atoms with Gasteiger partial charge >= 0.3 is 0 Å². The molecule has 0 aliphatic rings. The Labute approximate surface area is 175 Å². The van der Waals surface area contributed by atoms with Gasteiger partial charge in [0.1, 0.15) is 11.9 Å². The normalized spacial score (nSPS) is 12.1. The second-order valence-corrected chi connectivity index (χ2v) is 6.71. The molecule has 0 bridgehead atoms. The van der Waals surface area contributed by atoms with Gasteiger partial charge in [0.25, 0.3) is 11.8 Å². The number of aromatic nitrogens is 1. The van der Waals surface area contributed by atoms with Gasteiger partial charge < -0.3 is 15.7 Å². The van der Waals surface area contributed by atoms with Gasteiger partial charge in [0.2, 0.25) is 0 Å². The fourth-order valence-corrected chi connectivity index (χ4v) is 2.51. The van der Waals surface area contributed by atoms with E-state index in [0.29, 0.717) is 11.1 Å². The smallest absolute Gasteiger partial charge is 0.268 e. The summed E-state index contributed by atoms with van der Waals surface area (Å²) in [4.78, 5) is 28.1. The van der Waals surface area contributed by atoms with Gasteiger partial charge in [-0.1, -0.05) is 25.2 Å². The number of anilines is 1. The van der Waals surface area contributed by atoms with Crippen LogP contribution in [0.25, 0.3) is 0 Å². The Morgan fingerprint density at radius 2 is 1.77 bits per heavy atom. The van der Waals surface area contributed by atoms with E-state index in [2.05, 4.69) is 34.4 Å². The van der Waals surface area contributed by atoms with Crippen molar-refractivity contribution in [2.24, 2.45) is 0 Å². The summed E-state index contributed by atoms with van der Waals surface area (Å²) >= 11 is 0. The van der Waals surface area contributed by atoms with Crippen molar-refractivity contribution < 1.29 is 19.9 Å². The highest BCUT2D eigenvalue weighted by Crippen LogP contribution is 2.07. The van der Waals surface area contributed by atoms with Gasteiger partial charge in [0.15, 0.2) is 0 Å². The van der Waals surface area contributed by atoms with Crippen LogP contribution in [0.2, 0.25) is 0 Å². The molecule has 30 heavy (non-hydrogen) atoms. The number of aliphatic hydroxyl groups excluding tert-OH is 1. The van der Waals surface area contributed by atoms with Crippen molar-refractivity contribution in [2.75, 3.05) is 11.9 Å². The van der Waals surface area contributed by atoms with Gasteiger partial charge in [-0.05, 0) is 49.7 Å². The lowest BCUT2D eigenvalue weighted by Gasteiger charge is -2.19. The van der Waals surface area contributed by atoms with E-state index in [9.17, 15) is 14.7 Å². The lowest BCUT2D eigenvalue weighted by atomic mass is 10.1. The Morgan fingerprint density at radius 1 is 1.10 bits per heavy atom. The van der Waals surface area contributed by atoms with Crippen LogP contribution in [0.4, 0.5) is 5.82 Å². The largest absolute Gasteiger partial charge is 0.391 e. The first kappa shape index (κ1) is 22.9. The third-order valence-corrected chi connectivity index (χ3v) is 4.26. The molecule has 0 saturated heterocycles. The Bertz CT molecular complexity index is 899. The number of nitrogens with zero attached hydrogens (tertiary/aromatic N) is 1. The molecule has 0 aliphatic carbocycles. The zero-order valence-electron chi connectivity index (χ0n) is 17.0. The van der Waals surface area contributed by atoms with E-state index in [0.717, 1.165) is 30.8 Å². The highest BCUT2D eigenvalue weighted by atomic mass is 16.5. The number of hydrogen-bond donors (Lipinski definition) is 5. The van der Waals surface area contributed by atoms with Gasteiger partial charge in [-0.15, -0.1) is 0 Å². The molecule has 2 amide bonds. The summed E-state index contributed by atoms with van der Waals surface area (Å²) in [7, 11) is 0. The minimum atomic E-state index is -1.27. The van der Waals surface area contributed by atoms with Crippen molar-refractivity contribution in [3.8, 4) is 11.8 Å². The van der Waals surface area contributed by atoms with E-state index in [1.54, 1.807) is 30.5 Å². The molecule has 8 heteroatoms. The number of carbonyl (C=O) groups is 2. The van der Waals surface area contributed by atoms with Crippen molar-refractivity contribution in [3.05, 3.63) is 59.3 Å². The number of rotatable bonds is 8. The Balaban J connectivity index is 1.99. The van der Waals surface area contributed by atoms with Crippen molar-refractivity contribution in [3.63, 3.8) is 0 Å². The number of pyridine rings is 1. The lowest BCUT2D eigenvalue weighted by molar-refractivity contribution is -0.133. The number of hydroxylamine groups is 1. The SMILES string of the molecule is CCCCNc1ccc(C#Cc2ccc(C(=O)N[C@H](C(=O)NO)[C@@H](C)O)cc2)cn1. The molecule has 158 valence electrons. The molecule has 8 nitrogen and oxygen atoms in total. The zero-order valence-corrected chi connectivity index (χ0v) is 17.0. The molecule has 0 unspecified atom stereocenters. The van der Waals surface area contributed by atoms with Crippen LogP contribution in [-0.4, -0.2) is 45.8 Å². The predicted octanol–water partition coefficient (Wildman–Crippen LogP) is 1.68. The summed E-state index contributed by atoms with van der Waals surface area (Å²) in [5.74, 6) is 5.38. The van der Waals surface area contributed by atoms with Crippen LogP contribution in [0.5, 0.6) is 0 Å². The standard InChI is InChI=1S/C22H26N4O4/c1-3-4-13-23-19-12-9-17(14-24-19)6-5-16-7-10-18(11-8-16)21(28)25-20(15(2)27)22(29)26-30/h7-12,14-15,20,27,30H,3-4,13H2,1-2H3,(H,23,24)(H,25,28)(H,26,29)/t15-,20+/m1/s1. The van der Waals surface area contributed by atoms with E-state index in [-0.39, 0.29) is 0 Å². The molecular weight excluding hydrogens is 384 g/mol. The van der Waals surface area contributed by atoms with E-state index >= 15 is 0 Å². The van der Waals surface area contributed by atoms with Crippen molar-refractivity contribution in [2.45, 2.75) is 38.8 Å². The summed E-state index contributed by atoms with van der Waals surface area (Å²) in [6.45, 7) is 4.35. The first-order valence-electron chi connectivity index (χ1n) is 9.69. The van der Waals surface area contributed by atoms with Crippen LogP contribution in [0.1, 0.15) is 48.2 Å². The van der Waals surface area contributed by atoms with Crippen molar-refractivity contribution in [1.82, 2.24) is 15.8 Å². The molecule has 1 aromatic heterocycles. The van der Waals surface area contributed by atoms with E-state index < -0.39 is 24.0 Å². The van der Waals surface area contributed by atoms with E-state index in [1.807, 2.05) is 12.1 Å². The maximum Gasteiger partial charge on any atom is 0.268 e. The second-order valence-electron chi connectivity index (χ2n) is 6.71. The minimum Gasteiger partial charge on any atom is -0.391 e. The topological polar surface area (TPSA) is 124 Å². The molecule has 2 aromatic rings. The van der Waals surface area contributed by atoms with Gasteiger partial charge in [-0.2, -0.15) is 0 Å². The molecule has 0 spiro atoms. The summed E-state index contributed by atoms with van der Waals surface area (Å²) in [5, 5.41) is 23.9. The average Bonchev–Trinajstić information content (AvgIpc) is 2.76. The van der Waals surface area contributed by atoms with Crippen LogP contribution < -0.4 is 16.1 Å². The lowest BCUT2D eigenvalue weighted by Crippen LogP contribution is -2.51. The first-order valence-corrected chi connectivity index (χ1v) is 9.69. The maximum absolute atomic E-state index is 12.3. The quantitative estimate of drug-likeness (QED) is 0.195. The molecular formula is C22H26N4O4. The van der Waals surface area contributed by atoms with Crippen LogP contribution in [0, 0.1) is 11.8 Å². The third kappa shape index (κ3) is 6.88. The van der Waals surface area contributed by atoms with Crippen LogP contribution >= 0.6 is 0 Å². The highest BCUT2D eigenvalue weighted by molar-refractivity contribution is 5.97. The van der Waals surface area contributed by atoms with E-state index in [4.69, 9.17) is 5.21 Å². The summed E-state index contributed by atoms with van der Waals surface area (Å²) in [5.41, 5.74) is 3.19. The molecule has 2 atom stereocenters. The number of hydrogen-bond acceptors (Lipinski definition) is 6. The fraction of sp³-hybridized carbons (Fsp3) is 0.318. The minimum absolute atomic E-state index is 0.293.